The second kappa shape index (κ2) is 6.28. The van der Waals surface area contributed by atoms with E-state index in [-0.39, 0.29) is 0 Å². The standard InChI is InChI=1S/C16H13N3O2S/c17-15(20)19(16-18-10-11-22-16)13-8-4-5-9-14(13)21-12-6-2-1-3-7-12/h1-11H,(H2,17,20). The van der Waals surface area contributed by atoms with Gasteiger partial charge in [0.25, 0.3) is 0 Å². The molecule has 3 aromatic rings. The molecule has 0 saturated carbocycles. The average Bonchev–Trinajstić information content (AvgIpc) is 3.04. The maximum absolute atomic E-state index is 11.9. The number of anilines is 2. The van der Waals surface area contributed by atoms with E-state index in [1.165, 1.54) is 16.2 Å². The molecule has 0 atom stereocenters. The number of ether oxygens (including phenoxy) is 1. The molecule has 1 heterocycles. The van der Waals surface area contributed by atoms with Crippen molar-refractivity contribution in [1.29, 1.82) is 0 Å². The average molecular weight is 311 g/mol. The third-order valence-corrected chi connectivity index (χ3v) is 3.66. The Morgan fingerprint density at radius 3 is 2.50 bits per heavy atom. The van der Waals surface area contributed by atoms with Gasteiger partial charge in [0.15, 0.2) is 10.9 Å². The molecule has 22 heavy (non-hydrogen) atoms. The minimum Gasteiger partial charge on any atom is -0.455 e. The number of nitrogens with zero attached hydrogens (tertiary/aromatic N) is 2. The van der Waals surface area contributed by atoms with Gasteiger partial charge >= 0.3 is 6.03 Å². The molecule has 0 fully saturated rings. The molecule has 0 radical (unpaired) electrons. The first-order chi connectivity index (χ1) is 10.8. The summed E-state index contributed by atoms with van der Waals surface area (Å²) in [4.78, 5) is 17.3. The zero-order valence-electron chi connectivity index (χ0n) is 11.5. The van der Waals surface area contributed by atoms with Crippen LogP contribution in [0.25, 0.3) is 0 Å². The first-order valence-electron chi connectivity index (χ1n) is 6.56. The third kappa shape index (κ3) is 2.91. The Kier molecular flexibility index (Phi) is 4.02. The molecule has 2 aromatic carbocycles. The van der Waals surface area contributed by atoms with Gasteiger partial charge in [-0.3, -0.25) is 0 Å². The number of hydrogen-bond donors (Lipinski definition) is 1. The van der Waals surface area contributed by atoms with Crippen LogP contribution in [0.4, 0.5) is 15.6 Å². The summed E-state index contributed by atoms with van der Waals surface area (Å²) < 4.78 is 5.87. The highest BCUT2D eigenvalue weighted by Gasteiger charge is 2.21. The van der Waals surface area contributed by atoms with Crippen LogP contribution in [0.1, 0.15) is 0 Å². The van der Waals surface area contributed by atoms with Crippen LogP contribution in [0, 0.1) is 0 Å². The molecular formula is C16H13N3O2S. The van der Waals surface area contributed by atoms with Gasteiger partial charge in [0.05, 0.1) is 5.69 Å². The Hall–Kier alpha value is -2.86. The summed E-state index contributed by atoms with van der Waals surface area (Å²) in [7, 11) is 0. The molecule has 0 saturated heterocycles. The van der Waals surface area contributed by atoms with Gasteiger partial charge in [-0.1, -0.05) is 30.3 Å². The lowest BCUT2D eigenvalue weighted by molar-refractivity contribution is 0.256. The van der Waals surface area contributed by atoms with Crippen molar-refractivity contribution in [2.45, 2.75) is 0 Å². The maximum atomic E-state index is 11.9. The normalized spacial score (nSPS) is 10.2. The Balaban J connectivity index is 2.01. The number of amides is 2. The maximum Gasteiger partial charge on any atom is 0.325 e. The predicted molar refractivity (Wildman–Crippen MR) is 86.8 cm³/mol. The number of rotatable bonds is 4. The molecular weight excluding hydrogens is 298 g/mol. The number of aromatic nitrogens is 1. The lowest BCUT2D eigenvalue weighted by atomic mass is 10.2. The fraction of sp³-hybridized carbons (Fsp3) is 0. The molecule has 0 aliphatic rings. The van der Waals surface area contributed by atoms with Crippen molar-refractivity contribution in [1.82, 2.24) is 4.98 Å². The second-order valence-electron chi connectivity index (χ2n) is 4.37. The van der Waals surface area contributed by atoms with Crippen LogP contribution in [0.5, 0.6) is 11.5 Å². The molecule has 2 N–H and O–H groups in total. The molecule has 5 nitrogen and oxygen atoms in total. The zero-order valence-corrected chi connectivity index (χ0v) is 12.4. The van der Waals surface area contributed by atoms with Gasteiger partial charge in [-0.2, -0.15) is 0 Å². The Labute approximate surface area is 131 Å². The highest BCUT2D eigenvalue weighted by molar-refractivity contribution is 7.13. The molecule has 110 valence electrons. The molecule has 0 aliphatic heterocycles. The minimum absolute atomic E-state index is 0.497. The Morgan fingerprint density at radius 1 is 1.09 bits per heavy atom. The number of hydrogen-bond acceptors (Lipinski definition) is 4. The van der Waals surface area contributed by atoms with E-state index in [2.05, 4.69) is 4.98 Å². The third-order valence-electron chi connectivity index (χ3n) is 2.91. The van der Waals surface area contributed by atoms with E-state index < -0.39 is 6.03 Å². The van der Waals surface area contributed by atoms with E-state index in [0.717, 1.165) is 0 Å². The fourth-order valence-corrected chi connectivity index (χ4v) is 2.64. The van der Waals surface area contributed by atoms with Gasteiger partial charge in [0.1, 0.15) is 5.75 Å². The second-order valence-corrected chi connectivity index (χ2v) is 5.24. The summed E-state index contributed by atoms with van der Waals surface area (Å²) in [6.45, 7) is 0. The zero-order chi connectivity index (χ0) is 15.4. The van der Waals surface area contributed by atoms with Crippen molar-refractivity contribution in [3.05, 3.63) is 66.2 Å². The number of urea groups is 1. The monoisotopic (exact) mass is 311 g/mol. The highest BCUT2D eigenvalue weighted by Crippen LogP contribution is 2.36. The van der Waals surface area contributed by atoms with Crippen LogP contribution in [0.15, 0.2) is 66.2 Å². The smallest absolute Gasteiger partial charge is 0.325 e. The van der Waals surface area contributed by atoms with E-state index in [4.69, 9.17) is 10.5 Å². The molecule has 0 spiro atoms. The van der Waals surface area contributed by atoms with Crippen molar-refractivity contribution in [2.24, 2.45) is 5.73 Å². The topological polar surface area (TPSA) is 68.5 Å². The van der Waals surface area contributed by atoms with Crippen LogP contribution in [0.2, 0.25) is 0 Å². The molecule has 0 unspecified atom stereocenters. The molecule has 0 aliphatic carbocycles. The largest absolute Gasteiger partial charge is 0.455 e. The summed E-state index contributed by atoms with van der Waals surface area (Å²) in [6, 6.07) is 15.9. The van der Waals surface area contributed by atoms with Crippen LogP contribution in [-0.4, -0.2) is 11.0 Å². The van der Waals surface area contributed by atoms with Crippen molar-refractivity contribution in [3.8, 4) is 11.5 Å². The fourth-order valence-electron chi connectivity index (χ4n) is 1.99. The number of nitrogens with two attached hydrogens (primary N) is 1. The Bertz CT molecular complexity index is 760. The van der Waals surface area contributed by atoms with Crippen LogP contribution in [0.3, 0.4) is 0 Å². The molecule has 3 rings (SSSR count). The molecule has 1 aromatic heterocycles. The van der Waals surface area contributed by atoms with E-state index in [1.54, 1.807) is 23.7 Å². The number of carbonyl (C=O) groups is 1. The molecule has 6 heteroatoms. The minimum atomic E-state index is -0.612. The van der Waals surface area contributed by atoms with Crippen LogP contribution in [-0.2, 0) is 0 Å². The summed E-state index contributed by atoms with van der Waals surface area (Å²) in [5.74, 6) is 1.21. The molecule has 2 amide bonds. The van der Waals surface area contributed by atoms with Crippen molar-refractivity contribution < 1.29 is 9.53 Å². The summed E-state index contributed by atoms with van der Waals surface area (Å²) >= 11 is 1.33. The number of benzene rings is 2. The first-order valence-corrected chi connectivity index (χ1v) is 7.44. The first kappa shape index (κ1) is 14.1. The van der Waals surface area contributed by atoms with E-state index in [9.17, 15) is 4.79 Å². The lowest BCUT2D eigenvalue weighted by Gasteiger charge is -2.20. The predicted octanol–water partition coefficient (Wildman–Crippen LogP) is 4.15. The van der Waals surface area contributed by atoms with Gasteiger partial charge in [-0.15, -0.1) is 11.3 Å². The lowest BCUT2D eigenvalue weighted by Crippen LogP contribution is -2.31. The number of para-hydroxylation sites is 3. The molecule has 0 bridgehead atoms. The van der Waals surface area contributed by atoms with Crippen molar-refractivity contribution in [3.63, 3.8) is 0 Å². The van der Waals surface area contributed by atoms with Gasteiger partial charge in [0, 0.05) is 11.6 Å². The summed E-state index contributed by atoms with van der Waals surface area (Å²) in [6.07, 6.45) is 1.62. The quantitative estimate of drug-likeness (QED) is 0.787. The van der Waals surface area contributed by atoms with E-state index >= 15 is 0 Å². The SMILES string of the molecule is NC(=O)N(c1nccs1)c1ccccc1Oc1ccccc1. The highest BCUT2D eigenvalue weighted by atomic mass is 32.1. The summed E-state index contributed by atoms with van der Waals surface area (Å²) in [5, 5.41) is 2.28. The van der Waals surface area contributed by atoms with E-state index in [1.807, 2.05) is 42.5 Å². The van der Waals surface area contributed by atoms with Crippen molar-refractivity contribution in [2.75, 3.05) is 4.90 Å². The number of thiazole rings is 1. The Morgan fingerprint density at radius 2 is 1.82 bits per heavy atom. The van der Waals surface area contributed by atoms with Gasteiger partial charge in [-0.25, -0.2) is 14.7 Å². The van der Waals surface area contributed by atoms with Crippen LogP contribution >= 0.6 is 11.3 Å². The van der Waals surface area contributed by atoms with Gasteiger partial charge in [0.2, 0.25) is 0 Å². The van der Waals surface area contributed by atoms with Crippen molar-refractivity contribution >= 4 is 28.2 Å². The van der Waals surface area contributed by atoms with Gasteiger partial charge in [-0.05, 0) is 24.3 Å². The number of primary amides is 1. The van der Waals surface area contributed by atoms with E-state index in [0.29, 0.717) is 22.3 Å². The number of carbonyl (C=O) groups excluding carboxylic acids is 1. The van der Waals surface area contributed by atoms with Crippen LogP contribution < -0.4 is 15.4 Å². The summed E-state index contributed by atoms with van der Waals surface area (Å²) in [5.41, 5.74) is 6.07. The van der Waals surface area contributed by atoms with Gasteiger partial charge < -0.3 is 10.5 Å².